The molecule has 0 bridgehead atoms. The number of anilines is 3. The predicted molar refractivity (Wildman–Crippen MR) is 83.3 cm³/mol. The predicted octanol–water partition coefficient (Wildman–Crippen LogP) is 5.29. The van der Waals surface area contributed by atoms with Crippen molar-refractivity contribution in [3.8, 4) is 0 Å². The molecule has 0 saturated carbocycles. The van der Waals surface area contributed by atoms with Crippen molar-refractivity contribution in [2.75, 3.05) is 11.1 Å². The fourth-order valence-electron chi connectivity index (χ4n) is 1.59. The molecule has 2 aromatic rings. The van der Waals surface area contributed by atoms with Crippen molar-refractivity contribution in [3.05, 3.63) is 50.6 Å². The van der Waals surface area contributed by atoms with Gasteiger partial charge in [-0.15, -0.1) is 0 Å². The normalized spacial score (nSPS) is 11.4. The Bertz CT molecular complexity index is 644. The van der Waals surface area contributed by atoms with E-state index in [0.29, 0.717) is 17.1 Å². The van der Waals surface area contributed by atoms with Crippen molar-refractivity contribution in [2.24, 2.45) is 0 Å². The number of halogens is 5. The Hall–Kier alpha value is -1.15. The van der Waals surface area contributed by atoms with Crippen molar-refractivity contribution in [1.82, 2.24) is 0 Å². The van der Waals surface area contributed by atoms with E-state index in [4.69, 9.17) is 17.3 Å². The quantitative estimate of drug-likeness (QED) is 0.520. The van der Waals surface area contributed by atoms with Crippen LogP contribution in [-0.4, -0.2) is 0 Å². The fourth-order valence-corrected chi connectivity index (χ4v) is 2.33. The molecule has 0 aliphatic heterocycles. The van der Waals surface area contributed by atoms with E-state index >= 15 is 0 Å². The van der Waals surface area contributed by atoms with E-state index in [1.165, 1.54) is 6.07 Å². The van der Waals surface area contributed by atoms with Gasteiger partial charge in [-0.05, 0) is 59.0 Å². The summed E-state index contributed by atoms with van der Waals surface area (Å²) in [6, 6.07) is 8.45. The van der Waals surface area contributed by atoms with Gasteiger partial charge in [-0.1, -0.05) is 11.6 Å². The van der Waals surface area contributed by atoms with Gasteiger partial charge in [-0.25, -0.2) is 0 Å². The molecule has 0 heterocycles. The summed E-state index contributed by atoms with van der Waals surface area (Å²) < 4.78 is 38.6. The lowest BCUT2D eigenvalue weighted by molar-refractivity contribution is -0.137. The van der Waals surface area contributed by atoms with Gasteiger partial charge in [-0.3, -0.25) is 0 Å². The standard InChI is InChI=1S/C13H9ClF3IN2/c14-9-5-7(13(15,16)17)1-3-11(9)20-12-4-2-8(18)6-10(12)19/h1-6,20H,19H2. The molecule has 3 N–H and O–H groups in total. The lowest BCUT2D eigenvalue weighted by Gasteiger charge is -2.13. The van der Waals surface area contributed by atoms with E-state index in [2.05, 4.69) is 27.9 Å². The highest BCUT2D eigenvalue weighted by Crippen LogP contribution is 2.35. The molecule has 0 radical (unpaired) electrons. The third kappa shape index (κ3) is 3.49. The Morgan fingerprint density at radius 2 is 1.70 bits per heavy atom. The molecule has 7 heteroatoms. The van der Waals surface area contributed by atoms with Crippen LogP contribution < -0.4 is 11.1 Å². The molecule has 2 aromatic carbocycles. The number of rotatable bonds is 2. The van der Waals surface area contributed by atoms with Gasteiger partial charge >= 0.3 is 6.18 Å². The van der Waals surface area contributed by atoms with Crippen LogP contribution in [0.15, 0.2) is 36.4 Å². The summed E-state index contributed by atoms with van der Waals surface area (Å²) in [6.45, 7) is 0. The molecule has 0 fully saturated rings. The summed E-state index contributed by atoms with van der Waals surface area (Å²) in [7, 11) is 0. The van der Waals surface area contributed by atoms with Gasteiger partial charge in [0.1, 0.15) is 0 Å². The van der Waals surface area contributed by atoms with E-state index in [0.717, 1.165) is 15.7 Å². The zero-order valence-corrected chi connectivity index (χ0v) is 12.8. The number of nitrogen functional groups attached to an aromatic ring is 1. The maximum atomic E-state index is 12.5. The van der Waals surface area contributed by atoms with E-state index in [9.17, 15) is 13.2 Å². The number of nitrogens with one attached hydrogen (secondary N) is 1. The highest BCUT2D eigenvalue weighted by molar-refractivity contribution is 14.1. The maximum absolute atomic E-state index is 12.5. The molecule has 0 spiro atoms. The molecular formula is C13H9ClF3IN2. The molecule has 0 amide bonds. The van der Waals surface area contributed by atoms with Crippen LogP contribution in [0.1, 0.15) is 5.56 Å². The summed E-state index contributed by atoms with van der Waals surface area (Å²) >= 11 is 7.98. The first-order valence-corrected chi connectivity index (χ1v) is 6.92. The molecule has 0 aromatic heterocycles. The van der Waals surface area contributed by atoms with E-state index < -0.39 is 11.7 Å². The van der Waals surface area contributed by atoms with Crippen LogP contribution >= 0.6 is 34.2 Å². The van der Waals surface area contributed by atoms with Crippen LogP contribution in [0.3, 0.4) is 0 Å². The molecule has 0 saturated heterocycles. The second kappa shape index (κ2) is 5.69. The minimum absolute atomic E-state index is 0.0159. The van der Waals surface area contributed by atoms with E-state index in [1.54, 1.807) is 12.1 Å². The molecule has 0 aliphatic rings. The lowest BCUT2D eigenvalue weighted by Crippen LogP contribution is -2.05. The Morgan fingerprint density at radius 1 is 1.05 bits per heavy atom. The highest BCUT2D eigenvalue weighted by atomic mass is 127. The van der Waals surface area contributed by atoms with Crippen LogP contribution in [-0.2, 0) is 6.18 Å². The Morgan fingerprint density at radius 3 is 2.25 bits per heavy atom. The van der Waals surface area contributed by atoms with Crippen molar-refractivity contribution in [1.29, 1.82) is 0 Å². The maximum Gasteiger partial charge on any atom is 0.416 e. The van der Waals surface area contributed by atoms with Gasteiger partial charge in [0.2, 0.25) is 0 Å². The van der Waals surface area contributed by atoms with Crippen LogP contribution in [0.2, 0.25) is 5.02 Å². The highest BCUT2D eigenvalue weighted by Gasteiger charge is 2.30. The molecule has 0 atom stereocenters. The first kappa shape index (κ1) is 15.2. The van der Waals surface area contributed by atoms with E-state index in [1.807, 2.05) is 6.07 Å². The summed E-state index contributed by atoms with van der Waals surface area (Å²) in [5.74, 6) is 0. The summed E-state index contributed by atoms with van der Waals surface area (Å²) in [5, 5.41) is 2.90. The number of hydrogen-bond donors (Lipinski definition) is 2. The lowest BCUT2D eigenvalue weighted by atomic mass is 10.2. The van der Waals surface area contributed by atoms with Gasteiger partial charge in [0.05, 0.1) is 27.6 Å². The Balaban J connectivity index is 2.30. The third-order valence-electron chi connectivity index (χ3n) is 2.58. The topological polar surface area (TPSA) is 38.0 Å². The Kier molecular flexibility index (Phi) is 4.33. The largest absolute Gasteiger partial charge is 0.416 e. The van der Waals surface area contributed by atoms with Gasteiger partial charge < -0.3 is 11.1 Å². The van der Waals surface area contributed by atoms with Crippen LogP contribution in [0.4, 0.5) is 30.2 Å². The first-order chi connectivity index (χ1) is 9.27. The molecule has 2 nitrogen and oxygen atoms in total. The zero-order valence-electron chi connectivity index (χ0n) is 9.93. The number of nitrogens with two attached hydrogens (primary N) is 1. The smallest absolute Gasteiger partial charge is 0.397 e. The molecule has 20 heavy (non-hydrogen) atoms. The Labute approximate surface area is 132 Å². The molecule has 0 aliphatic carbocycles. The van der Waals surface area contributed by atoms with Crippen LogP contribution in [0.5, 0.6) is 0 Å². The average molecular weight is 413 g/mol. The monoisotopic (exact) mass is 412 g/mol. The molecule has 2 rings (SSSR count). The summed E-state index contributed by atoms with van der Waals surface area (Å²) in [6.07, 6.45) is -4.41. The van der Waals surface area contributed by atoms with Crippen molar-refractivity contribution < 1.29 is 13.2 Å². The van der Waals surface area contributed by atoms with Crippen molar-refractivity contribution in [3.63, 3.8) is 0 Å². The second-order valence-electron chi connectivity index (χ2n) is 4.05. The zero-order chi connectivity index (χ0) is 14.9. The minimum atomic E-state index is -4.41. The molecule has 0 unspecified atom stereocenters. The summed E-state index contributed by atoms with van der Waals surface area (Å²) in [5.41, 5.74) is 6.49. The number of benzene rings is 2. The minimum Gasteiger partial charge on any atom is -0.397 e. The molecular weight excluding hydrogens is 404 g/mol. The number of alkyl halides is 3. The second-order valence-corrected chi connectivity index (χ2v) is 5.70. The van der Waals surface area contributed by atoms with Gasteiger partial charge in [0.25, 0.3) is 0 Å². The summed E-state index contributed by atoms with van der Waals surface area (Å²) in [4.78, 5) is 0. The van der Waals surface area contributed by atoms with Crippen LogP contribution in [0.25, 0.3) is 0 Å². The molecule has 106 valence electrons. The fraction of sp³-hybridized carbons (Fsp3) is 0.0769. The van der Waals surface area contributed by atoms with Crippen molar-refractivity contribution >= 4 is 51.3 Å². The van der Waals surface area contributed by atoms with Gasteiger partial charge in [0, 0.05) is 3.57 Å². The first-order valence-electron chi connectivity index (χ1n) is 5.46. The number of hydrogen-bond acceptors (Lipinski definition) is 2. The average Bonchev–Trinajstić information content (AvgIpc) is 2.33. The van der Waals surface area contributed by atoms with E-state index in [-0.39, 0.29) is 5.02 Å². The van der Waals surface area contributed by atoms with Crippen LogP contribution in [0, 0.1) is 3.57 Å². The third-order valence-corrected chi connectivity index (χ3v) is 3.56. The van der Waals surface area contributed by atoms with Gasteiger partial charge in [-0.2, -0.15) is 13.2 Å². The SMILES string of the molecule is Nc1cc(I)ccc1Nc1ccc(C(F)(F)F)cc1Cl. The van der Waals surface area contributed by atoms with Crippen molar-refractivity contribution in [2.45, 2.75) is 6.18 Å². The van der Waals surface area contributed by atoms with Gasteiger partial charge in [0.15, 0.2) is 0 Å².